The Morgan fingerprint density at radius 3 is 2.70 bits per heavy atom. The third kappa shape index (κ3) is 2.42. The maximum Gasteiger partial charge on any atom is 0.322 e. The molecule has 0 saturated carbocycles. The summed E-state index contributed by atoms with van der Waals surface area (Å²) in [6.07, 6.45) is 0. The number of benzene rings is 2. The standard InChI is InChI=1S/C15H14ClN3O/c16-13-3-1-2-4-14(13)18-15(20)19-8-10-5-6-12(17)7-11(10)9-19/h1-7H,8-9,17H2,(H,18,20). The number of para-hydroxylation sites is 1. The minimum atomic E-state index is -0.159. The zero-order valence-electron chi connectivity index (χ0n) is 10.8. The summed E-state index contributed by atoms with van der Waals surface area (Å²) < 4.78 is 0. The number of carbonyl (C=O) groups is 1. The molecule has 2 aromatic rings. The molecule has 0 radical (unpaired) electrons. The molecule has 0 bridgehead atoms. The molecule has 5 heteroatoms. The summed E-state index contributed by atoms with van der Waals surface area (Å²) in [4.78, 5) is 14.0. The van der Waals surface area contributed by atoms with E-state index < -0.39 is 0 Å². The van der Waals surface area contributed by atoms with Crippen LogP contribution >= 0.6 is 11.6 Å². The molecular weight excluding hydrogens is 274 g/mol. The van der Waals surface area contributed by atoms with Crippen molar-refractivity contribution in [2.75, 3.05) is 11.1 Å². The summed E-state index contributed by atoms with van der Waals surface area (Å²) in [5.74, 6) is 0. The number of anilines is 2. The largest absolute Gasteiger partial charge is 0.399 e. The van der Waals surface area contributed by atoms with Crippen LogP contribution in [0.3, 0.4) is 0 Å². The van der Waals surface area contributed by atoms with E-state index in [0.29, 0.717) is 23.8 Å². The summed E-state index contributed by atoms with van der Waals surface area (Å²) in [5.41, 5.74) is 9.33. The average Bonchev–Trinajstić information content (AvgIpc) is 2.84. The lowest BCUT2D eigenvalue weighted by atomic mass is 10.1. The van der Waals surface area contributed by atoms with E-state index in [-0.39, 0.29) is 6.03 Å². The Morgan fingerprint density at radius 1 is 1.15 bits per heavy atom. The van der Waals surface area contributed by atoms with Gasteiger partial charge in [-0.05, 0) is 35.4 Å². The van der Waals surface area contributed by atoms with Crippen LogP contribution in [0.25, 0.3) is 0 Å². The second kappa shape index (κ2) is 5.06. The quantitative estimate of drug-likeness (QED) is 0.789. The first-order valence-corrected chi connectivity index (χ1v) is 6.69. The molecule has 2 amide bonds. The number of amides is 2. The lowest BCUT2D eigenvalue weighted by molar-refractivity contribution is 0.212. The van der Waals surface area contributed by atoms with Gasteiger partial charge in [0.05, 0.1) is 10.7 Å². The third-order valence-corrected chi connectivity index (χ3v) is 3.68. The summed E-state index contributed by atoms with van der Waals surface area (Å²) >= 11 is 6.04. The molecule has 0 spiro atoms. The molecule has 0 fully saturated rings. The van der Waals surface area contributed by atoms with Crippen LogP contribution in [0.5, 0.6) is 0 Å². The normalized spacial score (nSPS) is 13.2. The van der Waals surface area contributed by atoms with Crippen LogP contribution in [0.1, 0.15) is 11.1 Å². The van der Waals surface area contributed by atoms with Crippen molar-refractivity contribution in [2.45, 2.75) is 13.1 Å². The number of urea groups is 1. The number of nitrogen functional groups attached to an aromatic ring is 1. The van der Waals surface area contributed by atoms with Crippen LogP contribution < -0.4 is 11.1 Å². The SMILES string of the molecule is Nc1ccc2c(c1)CN(C(=O)Nc1ccccc1Cl)C2. The van der Waals surface area contributed by atoms with Gasteiger partial charge in [-0.2, -0.15) is 0 Å². The highest BCUT2D eigenvalue weighted by atomic mass is 35.5. The molecule has 4 nitrogen and oxygen atoms in total. The fraction of sp³-hybridized carbons (Fsp3) is 0.133. The minimum Gasteiger partial charge on any atom is -0.399 e. The Morgan fingerprint density at radius 2 is 1.90 bits per heavy atom. The lowest BCUT2D eigenvalue weighted by Crippen LogP contribution is -2.30. The summed E-state index contributed by atoms with van der Waals surface area (Å²) in [7, 11) is 0. The van der Waals surface area contributed by atoms with Gasteiger partial charge < -0.3 is 16.0 Å². The second-order valence-electron chi connectivity index (χ2n) is 4.79. The van der Waals surface area contributed by atoms with Crippen molar-refractivity contribution in [1.82, 2.24) is 4.90 Å². The van der Waals surface area contributed by atoms with Crippen molar-refractivity contribution in [2.24, 2.45) is 0 Å². The van der Waals surface area contributed by atoms with Crippen LogP contribution in [0, 0.1) is 0 Å². The Balaban J connectivity index is 1.73. The Bertz CT molecular complexity index is 672. The fourth-order valence-electron chi connectivity index (χ4n) is 2.31. The smallest absolute Gasteiger partial charge is 0.322 e. The van der Waals surface area contributed by atoms with Gasteiger partial charge in [-0.1, -0.05) is 29.8 Å². The first kappa shape index (κ1) is 12.8. The predicted octanol–water partition coefficient (Wildman–Crippen LogP) is 3.47. The van der Waals surface area contributed by atoms with Gasteiger partial charge in [-0.3, -0.25) is 0 Å². The Hall–Kier alpha value is -2.20. The summed E-state index contributed by atoms with van der Waals surface area (Å²) in [6, 6.07) is 12.8. The molecule has 20 heavy (non-hydrogen) atoms. The van der Waals surface area contributed by atoms with Crippen molar-refractivity contribution in [3.63, 3.8) is 0 Å². The highest BCUT2D eigenvalue weighted by molar-refractivity contribution is 6.33. The van der Waals surface area contributed by atoms with Gasteiger partial charge in [-0.15, -0.1) is 0 Å². The molecule has 3 rings (SSSR count). The monoisotopic (exact) mass is 287 g/mol. The van der Waals surface area contributed by atoms with Crippen LogP contribution in [0.15, 0.2) is 42.5 Å². The first-order valence-electron chi connectivity index (χ1n) is 6.31. The number of fused-ring (bicyclic) bond motifs is 1. The zero-order valence-corrected chi connectivity index (χ0v) is 11.5. The van der Waals surface area contributed by atoms with Gasteiger partial charge in [-0.25, -0.2) is 4.79 Å². The number of nitrogens with zero attached hydrogens (tertiary/aromatic N) is 1. The van der Waals surface area contributed by atoms with Crippen LogP contribution in [-0.4, -0.2) is 10.9 Å². The number of hydrogen-bond acceptors (Lipinski definition) is 2. The molecule has 0 saturated heterocycles. The van der Waals surface area contributed by atoms with E-state index in [1.54, 1.807) is 17.0 Å². The maximum absolute atomic E-state index is 12.2. The van der Waals surface area contributed by atoms with Crippen molar-refractivity contribution < 1.29 is 4.79 Å². The molecule has 0 aliphatic carbocycles. The summed E-state index contributed by atoms with van der Waals surface area (Å²) in [5, 5.41) is 3.35. The number of carbonyl (C=O) groups excluding carboxylic acids is 1. The van der Waals surface area contributed by atoms with Crippen LogP contribution in [0.4, 0.5) is 16.2 Å². The Labute approximate surface area is 122 Å². The van der Waals surface area contributed by atoms with E-state index in [2.05, 4.69) is 5.32 Å². The van der Waals surface area contributed by atoms with Crippen molar-refractivity contribution in [1.29, 1.82) is 0 Å². The molecule has 102 valence electrons. The first-order chi connectivity index (χ1) is 9.63. The topological polar surface area (TPSA) is 58.4 Å². The van der Waals surface area contributed by atoms with E-state index in [0.717, 1.165) is 16.8 Å². The van der Waals surface area contributed by atoms with Gasteiger partial charge in [0.15, 0.2) is 0 Å². The van der Waals surface area contributed by atoms with Crippen molar-refractivity contribution in [3.05, 3.63) is 58.6 Å². The molecule has 0 aromatic heterocycles. The number of halogens is 1. The third-order valence-electron chi connectivity index (χ3n) is 3.36. The van der Waals surface area contributed by atoms with Crippen LogP contribution in [-0.2, 0) is 13.1 Å². The molecule has 1 aliphatic rings. The van der Waals surface area contributed by atoms with Gasteiger partial charge in [0.1, 0.15) is 0 Å². The van der Waals surface area contributed by atoms with E-state index in [4.69, 9.17) is 17.3 Å². The molecule has 0 unspecified atom stereocenters. The maximum atomic E-state index is 12.2. The molecule has 1 heterocycles. The number of rotatable bonds is 1. The van der Waals surface area contributed by atoms with Gasteiger partial charge >= 0.3 is 6.03 Å². The second-order valence-corrected chi connectivity index (χ2v) is 5.20. The van der Waals surface area contributed by atoms with Crippen molar-refractivity contribution >= 4 is 29.0 Å². The molecule has 0 atom stereocenters. The number of nitrogens with two attached hydrogens (primary N) is 1. The molecule has 3 N–H and O–H groups in total. The molecular formula is C15H14ClN3O. The minimum absolute atomic E-state index is 0.159. The Kier molecular flexibility index (Phi) is 3.24. The van der Waals surface area contributed by atoms with Crippen LogP contribution in [0.2, 0.25) is 5.02 Å². The van der Waals surface area contributed by atoms with E-state index in [9.17, 15) is 4.79 Å². The highest BCUT2D eigenvalue weighted by Crippen LogP contribution is 2.26. The average molecular weight is 288 g/mol. The van der Waals surface area contributed by atoms with E-state index in [1.807, 2.05) is 30.3 Å². The van der Waals surface area contributed by atoms with Gasteiger partial charge in [0.25, 0.3) is 0 Å². The van der Waals surface area contributed by atoms with E-state index >= 15 is 0 Å². The van der Waals surface area contributed by atoms with Gasteiger partial charge in [0.2, 0.25) is 0 Å². The fourth-order valence-corrected chi connectivity index (χ4v) is 2.50. The zero-order chi connectivity index (χ0) is 14.1. The van der Waals surface area contributed by atoms with Gasteiger partial charge in [0, 0.05) is 18.8 Å². The van der Waals surface area contributed by atoms with E-state index in [1.165, 1.54) is 0 Å². The number of nitrogens with one attached hydrogen (secondary N) is 1. The molecule has 1 aliphatic heterocycles. The molecule has 2 aromatic carbocycles. The lowest BCUT2D eigenvalue weighted by Gasteiger charge is -2.17. The highest BCUT2D eigenvalue weighted by Gasteiger charge is 2.23. The predicted molar refractivity (Wildman–Crippen MR) is 80.6 cm³/mol. The summed E-state index contributed by atoms with van der Waals surface area (Å²) in [6.45, 7) is 1.16. The number of hydrogen-bond donors (Lipinski definition) is 2. The van der Waals surface area contributed by atoms with Crippen molar-refractivity contribution in [3.8, 4) is 0 Å².